The lowest BCUT2D eigenvalue weighted by molar-refractivity contribution is -0.137. The number of anilines is 2. The summed E-state index contributed by atoms with van der Waals surface area (Å²) in [6.45, 7) is 2.62. The average molecular weight is 474 g/mol. The zero-order chi connectivity index (χ0) is 23.4. The molecule has 4 rings (SSSR count). The summed E-state index contributed by atoms with van der Waals surface area (Å²) in [5, 5.41) is 3.35. The van der Waals surface area contributed by atoms with Gasteiger partial charge in [0.15, 0.2) is 0 Å². The van der Waals surface area contributed by atoms with E-state index in [9.17, 15) is 18.0 Å². The van der Waals surface area contributed by atoms with Gasteiger partial charge in [0.2, 0.25) is 5.91 Å². The molecule has 3 aromatic carbocycles. The molecule has 33 heavy (non-hydrogen) atoms. The monoisotopic (exact) mass is 473 g/mol. The quantitative estimate of drug-likeness (QED) is 0.504. The Hall–Kier alpha value is -3.03. The summed E-state index contributed by atoms with van der Waals surface area (Å²) in [6, 6.07) is 21.0. The number of hydrogen-bond donors (Lipinski definition) is 1. The molecule has 1 atom stereocenters. The number of alkyl halides is 3. The first-order valence-electron chi connectivity index (χ1n) is 10.6. The topological polar surface area (TPSA) is 35.6 Å². The van der Waals surface area contributed by atoms with Gasteiger partial charge < -0.3 is 10.2 Å². The molecule has 1 aliphatic rings. The summed E-state index contributed by atoms with van der Waals surface area (Å²) in [4.78, 5) is 17.6. The molecule has 0 bridgehead atoms. The minimum atomic E-state index is -4.48. The van der Waals surface area contributed by atoms with Crippen molar-refractivity contribution in [2.45, 2.75) is 12.2 Å². The lowest BCUT2D eigenvalue weighted by atomic mass is 10.0. The Morgan fingerprint density at radius 3 is 2.24 bits per heavy atom. The molecule has 4 nitrogen and oxygen atoms in total. The fraction of sp³-hybridized carbons (Fsp3) is 0.240. The van der Waals surface area contributed by atoms with Crippen molar-refractivity contribution in [3.8, 4) is 0 Å². The van der Waals surface area contributed by atoms with Crippen molar-refractivity contribution in [3.05, 3.63) is 95.0 Å². The highest BCUT2D eigenvalue weighted by Gasteiger charge is 2.32. The van der Waals surface area contributed by atoms with E-state index in [1.807, 2.05) is 54.6 Å². The second kappa shape index (κ2) is 9.85. The predicted molar refractivity (Wildman–Crippen MR) is 124 cm³/mol. The number of nitrogens with zero attached hydrogens (tertiary/aromatic N) is 2. The van der Waals surface area contributed by atoms with Crippen molar-refractivity contribution in [1.29, 1.82) is 0 Å². The van der Waals surface area contributed by atoms with E-state index in [-0.39, 0.29) is 11.6 Å². The molecule has 1 fully saturated rings. The molecule has 1 N–H and O–H groups in total. The van der Waals surface area contributed by atoms with Gasteiger partial charge in [0.25, 0.3) is 0 Å². The van der Waals surface area contributed by atoms with Crippen LogP contribution in [0, 0.1) is 0 Å². The maximum Gasteiger partial charge on any atom is 0.416 e. The van der Waals surface area contributed by atoms with E-state index in [0.717, 1.165) is 23.4 Å². The van der Waals surface area contributed by atoms with Gasteiger partial charge >= 0.3 is 6.18 Å². The van der Waals surface area contributed by atoms with Crippen LogP contribution < -0.4 is 10.2 Å². The van der Waals surface area contributed by atoms with Gasteiger partial charge in [-0.2, -0.15) is 13.2 Å². The molecule has 0 aliphatic carbocycles. The molecule has 1 aliphatic heterocycles. The van der Waals surface area contributed by atoms with Crippen LogP contribution in [-0.2, 0) is 11.0 Å². The van der Waals surface area contributed by atoms with Gasteiger partial charge in [-0.3, -0.25) is 9.69 Å². The van der Waals surface area contributed by atoms with Crippen LogP contribution in [0.25, 0.3) is 0 Å². The Morgan fingerprint density at radius 2 is 1.58 bits per heavy atom. The maximum absolute atomic E-state index is 13.3. The highest BCUT2D eigenvalue weighted by atomic mass is 35.5. The highest BCUT2D eigenvalue weighted by Crippen LogP contribution is 2.32. The Kier molecular flexibility index (Phi) is 6.91. The molecular formula is C25H23ClF3N3O. The van der Waals surface area contributed by atoms with E-state index in [1.54, 1.807) is 0 Å². The third-order valence-corrected chi connectivity index (χ3v) is 5.91. The smallest absolute Gasteiger partial charge is 0.369 e. The number of carbonyl (C=O) groups excluding carboxylic acids is 1. The maximum atomic E-state index is 13.3. The average Bonchev–Trinajstić information content (AvgIpc) is 2.80. The zero-order valence-electron chi connectivity index (χ0n) is 17.7. The Balaban J connectivity index is 1.52. The van der Waals surface area contributed by atoms with E-state index >= 15 is 0 Å². The molecule has 0 spiro atoms. The van der Waals surface area contributed by atoms with Crippen molar-refractivity contribution in [2.75, 3.05) is 36.4 Å². The summed E-state index contributed by atoms with van der Waals surface area (Å²) < 4.78 is 39.3. The number of nitrogens with one attached hydrogen (secondary N) is 1. The number of benzene rings is 3. The van der Waals surface area contributed by atoms with Gasteiger partial charge in [-0.05, 0) is 42.0 Å². The Morgan fingerprint density at radius 1 is 0.879 bits per heavy atom. The molecule has 1 saturated heterocycles. The molecule has 3 aromatic rings. The molecular weight excluding hydrogens is 451 g/mol. The first-order chi connectivity index (χ1) is 15.8. The molecule has 172 valence electrons. The standard InChI is InChI=1S/C25H23ClF3N3O/c26-20-9-5-11-22(17-20)31-12-14-32(15-13-31)23(18-6-2-1-3-7-18)24(33)30-21-10-4-8-19(16-21)25(27,28)29/h1-11,16-17,23H,12-15H2,(H,30,33). The van der Waals surface area contributed by atoms with Crippen LogP contribution >= 0.6 is 11.6 Å². The molecule has 1 amide bonds. The minimum absolute atomic E-state index is 0.119. The SMILES string of the molecule is O=C(Nc1cccc(C(F)(F)F)c1)C(c1ccccc1)N1CCN(c2cccc(Cl)c2)CC1. The van der Waals surface area contributed by atoms with Gasteiger partial charge in [-0.25, -0.2) is 0 Å². The predicted octanol–water partition coefficient (Wildman–Crippen LogP) is 5.86. The van der Waals surface area contributed by atoms with Gasteiger partial charge in [-0.1, -0.05) is 54.1 Å². The summed E-state index contributed by atoms with van der Waals surface area (Å²) in [6.07, 6.45) is -4.48. The first-order valence-corrected chi connectivity index (χ1v) is 11.0. The summed E-state index contributed by atoms with van der Waals surface area (Å²) in [5.74, 6) is -0.364. The van der Waals surface area contributed by atoms with Crippen molar-refractivity contribution in [2.24, 2.45) is 0 Å². The van der Waals surface area contributed by atoms with Crippen molar-refractivity contribution in [1.82, 2.24) is 4.90 Å². The normalized spacial score (nSPS) is 15.8. The summed E-state index contributed by atoms with van der Waals surface area (Å²) in [5.41, 5.74) is 1.13. The Bertz CT molecular complexity index is 1100. The van der Waals surface area contributed by atoms with Crippen LogP contribution in [0.4, 0.5) is 24.5 Å². The van der Waals surface area contributed by atoms with E-state index in [0.29, 0.717) is 31.2 Å². The van der Waals surface area contributed by atoms with Crippen molar-refractivity contribution >= 4 is 28.9 Å². The van der Waals surface area contributed by atoms with Crippen LogP contribution in [0.1, 0.15) is 17.2 Å². The van der Waals surface area contributed by atoms with Crippen LogP contribution in [0.3, 0.4) is 0 Å². The lowest BCUT2D eigenvalue weighted by Crippen LogP contribution is -2.50. The van der Waals surface area contributed by atoms with E-state index in [2.05, 4.69) is 15.1 Å². The first kappa shape index (κ1) is 23.1. The number of hydrogen-bond acceptors (Lipinski definition) is 3. The number of amides is 1. The zero-order valence-corrected chi connectivity index (χ0v) is 18.5. The fourth-order valence-corrected chi connectivity index (χ4v) is 4.24. The third kappa shape index (κ3) is 5.67. The van der Waals surface area contributed by atoms with Crippen molar-refractivity contribution in [3.63, 3.8) is 0 Å². The number of rotatable bonds is 5. The lowest BCUT2D eigenvalue weighted by Gasteiger charge is -2.39. The van der Waals surface area contributed by atoms with E-state index in [1.165, 1.54) is 12.1 Å². The van der Waals surface area contributed by atoms with Gasteiger partial charge in [0.05, 0.1) is 5.56 Å². The van der Waals surface area contributed by atoms with Gasteiger partial charge in [-0.15, -0.1) is 0 Å². The Labute approximate surface area is 195 Å². The number of carbonyl (C=O) groups is 1. The van der Waals surface area contributed by atoms with Gasteiger partial charge in [0.1, 0.15) is 6.04 Å². The van der Waals surface area contributed by atoms with Crippen LogP contribution in [0.15, 0.2) is 78.9 Å². The highest BCUT2D eigenvalue weighted by molar-refractivity contribution is 6.30. The number of halogens is 4. The van der Waals surface area contributed by atoms with Crippen molar-refractivity contribution < 1.29 is 18.0 Å². The molecule has 1 heterocycles. The van der Waals surface area contributed by atoms with Crippen LogP contribution in [0.2, 0.25) is 5.02 Å². The summed E-state index contributed by atoms with van der Waals surface area (Å²) in [7, 11) is 0. The fourth-order valence-electron chi connectivity index (χ4n) is 4.06. The molecule has 0 saturated carbocycles. The number of piperazine rings is 1. The third-order valence-electron chi connectivity index (χ3n) is 5.67. The molecule has 0 aromatic heterocycles. The second-order valence-electron chi connectivity index (χ2n) is 7.88. The molecule has 0 radical (unpaired) electrons. The van der Waals surface area contributed by atoms with Crippen LogP contribution in [-0.4, -0.2) is 37.0 Å². The second-order valence-corrected chi connectivity index (χ2v) is 8.32. The van der Waals surface area contributed by atoms with E-state index in [4.69, 9.17) is 11.6 Å². The van der Waals surface area contributed by atoms with Gasteiger partial charge in [0, 0.05) is 42.6 Å². The van der Waals surface area contributed by atoms with Crippen LogP contribution in [0.5, 0.6) is 0 Å². The molecule has 8 heteroatoms. The largest absolute Gasteiger partial charge is 0.416 e. The molecule has 1 unspecified atom stereocenters. The summed E-state index contributed by atoms with van der Waals surface area (Å²) >= 11 is 6.12. The van der Waals surface area contributed by atoms with E-state index < -0.39 is 17.8 Å². The minimum Gasteiger partial charge on any atom is -0.369 e.